The van der Waals surface area contributed by atoms with Gasteiger partial charge in [-0.05, 0) is 56.7 Å². The Hall–Kier alpha value is -1.13. The van der Waals surface area contributed by atoms with Crippen LogP contribution in [0.4, 0.5) is 0 Å². The van der Waals surface area contributed by atoms with E-state index in [2.05, 4.69) is 46.5 Å². The molecule has 1 aliphatic rings. The molecule has 1 saturated heterocycles. The number of nitrogens with one attached hydrogen (secondary N) is 1. The average molecular weight is 275 g/mol. The second-order valence-corrected chi connectivity index (χ2v) is 5.85. The molecule has 4 heteroatoms. The van der Waals surface area contributed by atoms with Crippen LogP contribution in [0.15, 0.2) is 18.2 Å². The summed E-state index contributed by atoms with van der Waals surface area (Å²) < 4.78 is 3.22. The summed E-state index contributed by atoms with van der Waals surface area (Å²) in [5, 5.41) is 0. The van der Waals surface area contributed by atoms with E-state index in [9.17, 15) is 0 Å². The van der Waals surface area contributed by atoms with Crippen molar-refractivity contribution in [1.82, 2.24) is 14.5 Å². The van der Waals surface area contributed by atoms with Gasteiger partial charge in [-0.3, -0.25) is 0 Å². The fourth-order valence-corrected chi connectivity index (χ4v) is 3.58. The molecule has 1 atom stereocenters. The van der Waals surface area contributed by atoms with Gasteiger partial charge in [0.15, 0.2) is 4.77 Å². The number of aromatic nitrogens is 2. The molecule has 3 nitrogen and oxygen atoms in total. The third kappa shape index (κ3) is 2.23. The van der Waals surface area contributed by atoms with Crippen molar-refractivity contribution in [2.45, 2.75) is 32.7 Å². The molecular weight excluding hydrogens is 254 g/mol. The van der Waals surface area contributed by atoms with E-state index in [1.54, 1.807) is 0 Å². The average Bonchev–Trinajstić information content (AvgIpc) is 2.76. The number of rotatable bonds is 2. The van der Waals surface area contributed by atoms with Crippen molar-refractivity contribution in [1.29, 1.82) is 0 Å². The van der Waals surface area contributed by atoms with Gasteiger partial charge in [0.05, 0.1) is 11.0 Å². The van der Waals surface area contributed by atoms with Crippen molar-refractivity contribution in [3.63, 3.8) is 0 Å². The maximum Gasteiger partial charge on any atom is 0.178 e. The Balaban J connectivity index is 2.09. The molecule has 0 saturated carbocycles. The minimum atomic E-state index is 0.510. The summed E-state index contributed by atoms with van der Waals surface area (Å²) in [7, 11) is 0. The number of likely N-dealkylation sites (tertiary alicyclic amines) is 1. The standard InChI is InChI=1S/C15H21N3S/c1-3-17-9-5-7-12(10-17)18-14-11(2)6-4-8-13(14)16-15(18)19/h4,6,8,12H,3,5,7,9-10H2,1-2H3,(H,16,19). The SMILES string of the molecule is CCN1CCCC(n2c(=S)[nH]c3cccc(C)c32)C1. The highest BCUT2D eigenvalue weighted by atomic mass is 32.1. The Kier molecular flexibility index (Phi) is 3.46. The largest absolute Gasteiger partial charge is 0.331 e. The van der Waals surface area contributed by atoms with Crippen LogP contribution in [0.5, 0.6) is 0 Å². The van der Waals surface area contributed by atoms with Gasteiger partial charge in [0.2, 0.25) is 0 Å². The van der Waals surface area contributed by atoms with Gasteiger partial charge in [-0.2, -0.15) is 0 Å². The zero-order valence-corrected chi connectivity index (χ0v) is 12.5. The minimum absolute atomic E-state index is 0.510. The summed E-state index contributed by atoms with van der Waals surface area (Å²) in [6, 6.07) is 6.89. The molecule has 2 heterocycles. The normalized spacial score (nSPS) is 21.1. The number of hydrogen-bond acceptors (Lipinski definition) is 2. The van der Waals surface area contributed by atoms with Gasteiger partial charge in [0, 0.05) is 12.6 Å². The van der Waals surface area contributed by atoms with E-state index in [1.807, 2.05) is 0 Å². The minimum Gasteiger partial charge on any atom is -0.331 e. The number of aromatic amines is 1. The molecule has 19 heavy (non-hydrogen) atoms. The number of fused-ring (bicyclic) bond motifs is 1. The highest BCUT2D eigenvalue weighted by Crippen LogP contribution is 2.28. The molecule has 0 radical (unpaired) electrons. The van der Waals surface area contributed by atoms with Gasteiger partial charge >= 0.3 is 0 Å². The van der Waals surface area contributed by atoms with Gasteiger partial charge in [-0.15, -0.1) is 0 Å². The van der Waals surface area contributed by atoms with Crippen LogP contribution in [0, 0.1) is 11.7 Å². The molecule has 0 spiro atoms. The lowest BCUT2D eigenvalue weighted by Crippen LogP contribution is -2.36. The van der Waals surface area contributed by atoms with Crippen molar-refractivity contribution < 1.29 is 0 Å². The summed E-state index contributed by atoms with van der Waals surface area (Å²) in [4.78, 5) is 5.88. The molecule has 1 aliphatic heterocycles. The lowest BCUT2D eigenvalue weighted by molar-refractivity contribution is 0.186. The van der Waals surface area contributed by atoms with E-state index in [-0.39, 0.29) is 0 Å². The third-order valence-electron chi connectivity index (χ3n) is 4.23. The first-order chi connectivity index (χ1) is 9.20. The molecule has 1 N–H and O–H groups in total. The lowest BCUT2D eigenvalue weighted by atomic mass is 10.0. The highest BCUT2D eigenvalue weighted by Gasteiger charge is 2.22. The number of likely N-dealkylation sites (N-methyl/N-ethyl adjacent to an activating group) is 1. The fraction of sp³-hybridized carbons (Fsp3) is 0.533. The Bertz CT molecular complexity index is 640. The van der Waals surface area contributed by atoms with Crippen LogP contribution < -0.4 is 0 Å². The summed E-state index contributed by atoms with van der Waals surface area (Å²) in [6.45, 7) is 7.88. The Morgan fingerprint density at radius 2 is 2.26 bits per heavy atom. The van der Waals surface area contributed by atoms with Crippen molar-refractivity contribution >= 4 is 23.3 Å². The zero-order chi connectivity index (χ0) is 13.4. The predicted molar refractivity (Wildman–Crippen MR) is 82.2 cm³/mol. The molecule has 0 amide bonds. The first-order valence-corrected chi connectivity index (χ1v) is 7.53. The van der Waals surface area contributed by atoms with Gasteiger partial charge in [0.25, 0.3) is 0 Å². The number of hydrogen-bond donors (Lipinski definition) is 1. The summed E-state index contributed by atoms with van der Waals surface area (Å²) >= 11 is 5.56. The number of H-pyrrole nitrogens is 1. The third-order valence-corrected chi connectivity index (χ3v) is 4.53. The monoisotopic (exact) mass is 275 g/mol. The Morgan fingerprint density at radius 3 is 3.05 bits per heavy atom. The zero-order valence-electron chi connectivity index (χ0n) is 11.6. The summed E-state index contributed by atoms with van der Waals surface area (Å²) in [5.41, 5.74) is 3.76. The van der Waals surface area contributed by atoms with Crippen molar-refractivity contribution in [2.75, 3.05) is 19.6 Å². The fourth-order valence-electron chi connectivity index (χ4n) is 3.23. The van der Waals surface area contributed by atoms with E-state index in [4.69, 9.17) is 12.2 Å². The van der Waals surface area contributed by atoms with Crippen LogP contribution in [0.2, 0.25) is 0 Å². The van der Waals surface area contributed by atoms with Gasteiger partial charge < -0.3 is 14.5 Å². The lowest BCUT2D eigenvalue weighted by Gasteiger charge is -2.33. The van der Waals surface area contributed by atoms with E-state index < -0.39 is 0 Å². The highest BCUT2D eigenvalue weighted by molar-refractivity contribution is 7.71. The maximum absolute atomic E-state index is 5.56. The Morgan fingerprint density at radius 1 is 1.42 bits per heavy atom. The summed E-state index contributed by atoms with van der Waals surface area (Å²) in [5.74, 6) is 0. The van der Waals surface area contributed by atoms with Crippen LogP contribution in [0.3, 0.4) is 0 Å². The van der Waals surface area contributed by atoms with E-state index in [1.165, 1.54) is 36.0 Å². The van der Waals surface area contributed by atoms with E-state index in [0.29, 0.717) is 6.04 Å². The number of benzene rings is 1. The second-order valence-electron chi connectivity index (χ2n) is 5.46. The predicted octanol–water partition coefficient (Wildman–Crippen LogP) is 3.66. The molecule has 1 unspecified atom stereocenters. The smallest absolute Gasteiger partial charge is 0.178 e. The van der Waals surface area contributed by atoms with Crippen LogP contribution in [0.25, 0.3) is 11.0 Å². The molecule has 1 aromatic heterocycles. The van der Waals surface area contributed by atoms with E-state index >= 15 is 0 Å². The first kappa shape index (κ1) is 12.9. The number of para-hydroxylation sites is 1. The van der Waals surface area contributed by atoms with Gasteiger partial charge in [-0.1, -0.05) is 19.1 Å². The number of aryl methyl sites for hydroxylation is 1. The molecule has 1 fully saturated rings. The molecule has 1 aromatic carbocycles. The second kappa shape index (κ2) is 5.10. The molecule has 102 valence electrons. The first-order valence-electron chi connectivity index (χ1n) is 7.13. The number of piperidine rings is 1. The molecule has 0 bridgehead atoms. The quantitative estimate of drug-likeness (QED) is 0.846. The van der Waals surface area contributed by atoms with Crippen LogP contribution >= 0.6 is 12.2 Å². The number of nitrogens with zero attached hydrogens (tertiary/aromatic N) is 2. The van der Waals surface area contributed by atoms with Crippen molar-refractivity contribution in [3.05, 3.63) is 28.5 Å². The van der Waals surface area contributed by atoms with Crippen molar-refractivity contribution in [2.24, 2.45) is 0 Å². The van der Waals surface area contributed by atoms with Crippen molar-refractivity contribution in [3.8, 4) is 0 Å². The topological polar surface area (TPSA) is 24.0 Å². The van der Waals surface area contributed by atoms with Crippen LogP contribution in [-0.2, 0) is 0 Å². The molecule has 2 aromatic rings. The molecular formula is C15H21N3S. The maximum atomic E-state index is 5.56. The number of imidazole rings is 1. The Labute approximate surface area is 119 Å². The molecule has 3 rings (SSSR count). The van der Waals surface area contributed by atoms with E-state index in [0.717, 1.165) is 17.9 Å². The van der Waals surface area contributed by atoms with Crippen LogP contribution in [-0.4, -0.2) is 34.1 Å². The van der Waals surface area contributed by atoms with Gasteiger partial charge in [-0.25, -0.2) is 0 Å². The van der Waals surface area contributed by atoms with Gasteiger partial charge in [0.1, 0.15) is 0 Å². The van der Waals surface area contributed by atoms with Crippen LogP contribution in [0.1, 0.15) is 31.4 Å². The molecule has 0 aliphatic carbocycles. The summed E-state index contributed by atoms with van der Waals surface area (Å²) in [6.07, 6.45) is 2.49.